The van der Waals surface area contributed by atoms with Crippen LogP contribution in [0.1, 0.15) is 19.4 Å². The third-order valence-corrected chi connectivity index (χ3v) is 4.14. The largest absolute Gasteiger partial charge is 0.310 e. The molecule has 0 aliphatic rings. The van der Waals surface area contributed by atoms with E-state index in [1.807, 2.05) is 12.4 Å². The lowest BCUT2D eigenvalue weighted by Crippen LogP contribution is -2.21. The zero-order chi connectivity index (χ0) is 12.3. The molecule has 0 atom stereocenters. The van der Waals surface area contributed by atoms with E-state index in [0.717, 1.165) is 11.0 Å². The van der Waals surface area contributed by atoms with Crippen molar-refractivity contribution in [2.45, 2.75) is 26.4 Å². The van der Waals surface area contributed by atoms with Crippen molar-refractivity contribution in [3.8, 4) is 11.1 Å². The molecule has 2 nitrogen and oxygen atoms in total. The van der Waals surface area contributed by atoms with Gasteiger partial charge in [-0.2, -0.15) is 11.3 Å². The van der Waals surface area contributed by atoms with E-state index in [0.29, 0.717) is 6.04 Å². The Morgan fingerprint density at radius 1 is 1.35 bits per heavy atom. The standard InChI is InChI=1S/C13H15BrN2S/c1-9(2)16-5-10-3-11(6-15-4-10)12-7-17-8-13(12)14/h3-4,6-9,16H,5H2,1-2H3. The van der Waals surface area contributed by atoms with Crippen LogP contribution in [-0.2, 0) is 6.54 Å². The Kier molecular flexibility index (Phi) is 4.31. The first-order chi connectivity index (χ1) is 8.16. The van der Waals surface area contributed by atoms with Gasteiger partial charge in [0.05, 0.1) is 0 Å². The average molecular weight is 311 g/mol. The Labute approximate surface area is 114 Å². The van der Waals surface area contributed by atoms with Gasteiger partial charge in [-0.25, -0.2) is 0 Å². The summed E-state index contributed by atoms with van der Waals surface area (Å²) in [5, 5.41) is 7.63. The molecule has 0 aliphatic heterocycles. The van der Waals surface area contributed by atoms with Crippen LogP contribution >= 0.6 is 27.3 Å². The summed E-state index contributed by atoms with van der Waals surface area (Å²) >= 11 is 5.25. The highest BCUT2D eigenvalue weighted by Gasteiger charge is 2.05. The molecule has 0 aromatic carbocycles. The number of nitrogens with one attached hydrogen (secondary N) is 1. The van der Waals surface area contributed by atoms with Crippen LogP contribution in [0.25, 0.3) is 11.1 Å². The van der Waals surface area contributed by atoms with E-state index in [9.17, 15) is 0 Å². The van der Waals surface area contributed by atoms with E-state index in [1.165, 1.54) is 16.7 Å². The topological polar surface area (TPSA) is 24.9 Å². The smallest absolute Gasteiger partial charge is 0.0361 e. The molecule has 0 unspecified atom stereocenters. The summed E-state index contributed by atoms with van der Waals surface area (Å²) in [6, 6.07) is 2.68. The van der Waals surface area contributed by atoms with Crippen molar-refractivity contribution in [1.29, 1.82) is 0 Å². The molecule has 1 N–H and O–H groups in total. The van der Waals surface area contributed by atoms with Crippen LogP contribution in [0.4, 0.5) is 0 Å². The minimum Gasteiger partial charge on any atom is -0.310 e. The summed E-state index contributed by atoms with van der Waals surface area (Å²) in [6.07, 6.45) is 3.82. The fourth-order valence-corrected chi connectivity index (χ4v) is 3.07. The van der Waals surface area contributed by atoms with Gasteiger partial charge in [-0.3, -0.25) is 4.98 Å². The molecule has 0 bridgehead atoms. The quantitative estimate of drug-likeness (QED) is 0.920. The number of thiophene rings is 1. The minimum absolute atomic E-state index is 0.492. The van der Waals surface area contributed by atoms with Crippen LogP contribution < -0.4 is 5.32 Å². The highest BCUT2D eigenvalue weighted by Crippen LogP contribution is 2.31. The van der Waals surface area contributed by atoms with Crippen molar-refractivity contribution in [3.05, 3.63) is 39.3 Å². The normalized spacial score (nSPS) is 11.1. The fourth-order valence-electron chi connectivity index (χ4n) is 1.54. The second-order valence-electron chi connectivity index (χ2n) is 4.25. The SMILES string of the molecule is CC(C)NCc1cncc(-c2cscc2Br)c1. The first-order valence-electron chi connectivity index (χ1n) is 5.56. The first kappa shape index (κ1) is 12.7. The molecule has 4 heteroatoms. The van der Waals surface area contributed by atoms with Crippen LogP contribution in [0.2, 0.25) is 0 Å². The van der Waals surface area contributed by atoms with E-state index in [1.54, 1.807) is 11.3 Å². The molecule has 0 spiro atoms. The lowest BCUT2D eigenvalue weighted by molar-refractivity contribution is 0.588. The second kappa shape index (κ2) is 5.76. The van der Waals surface area contributed by atoms with E-state index >= 15 is 0 Å². The maximum atomic E-state index is 4.30. The summed E-state index contributed by atoms with van der Waals surface area (Å²) in [7, 11) is 0. The Hall–Kier alpha value is -0.710. The zero-order valence-corrected chi connectivity index (χ0v) is 12.3. The monoisotopic (exact) mass is 310 g/mol. The van der Waals surface area contributed by atoms with Gasteiger partial charge in [-0.05, 0) is 32.9 Å². The van der Waals surface area contributed by atoms with Crippen molar-refractivity contribution in [1.82, 2.24) is 10.3 Å². The van der Waals surface area contributed by atoms with Crippen LogP contribution in [-0.4, -0.2) is 11.0 Å². The molecule has 90 valence electrons. The number of aromatic nitrogens is 1. The average Bonchev–Trinajstić information content (AvgIpc) is 2.73. The summed E-state index contributed by atoms with van der Waals surface area (Å²) < 4.78 is 1.14. The van der Waals surface area contributed by atoms with Crippen molar-refractivity contribution in [3.63, 3.8) is 0 Å². The van der Waals surface area contributed by atoms with Crippen molar-refractivity contribution < 1.29 is 0 Å². The number of nitrogens with zero attached hydrogens (tertiary/aromatic N) is 1. The Morgan fingerprint density at radius 3 is 2.82 bits per heavy atom. The van der Waals surface area contributed by atoms with Crippen molar-refractivity contribution in [2.75, 3.05) is 0 Å². The molecule has 0 radical (unpaired) electrons. The lowest BCUT2D eigenvalue weighted by atomic mass is 10.1. The van der Waals surface area contributed by atoms with Gasteiger partial charge < -0.3 is 5.32 Å². The molecule has 0 saturated carbocycles. The molecule has 0 saturated heterocycles. The van der Waals surface area contributed by atoms with E-state index < -0.39 is 0 Å². The first-order valence-corrected chi connectivity index (χ1v) is 7.30. The van der Waals surface area contributed by atoms with Gasteiger partial charge in [0.25, 0.3) is 0 Å². The minimum atomic E-state index is 0.492. The lowest BCUT2D eigenvalue weighted by Gasteiger charge is -2.08. The molecule has 0 aliphatic carbocycles. The molecule has 2 aromatic heterocycles. The Bertz CT molecular complexity index is 494. The van der Waals surface area contributed by atoms with Crippen molar-refractivity contribution in [2.24, 2.45) is 0 Å². The third-order valence-electron chi connectivity index (χ3n) is 2.44. The van der Waals surface area contributed by atoms with E-state index in [2.05, 4.69) is 56.9 Å². The number of pyridine rings is 1. The number of hydrogen-bond acceptors (Lipinski definition) is 3. The van der Waals surface area contributed by atoms with Gasteiger partial charge in [-0.15, -0.1) is 0 Å². The van der Waals surface area contributed by atoms with Crippen molar-refractivity contribution >= 4 is 27.3 Å². The van der Waals surface area contributed by atoms with Gasteiger partial charge in [0, 0.05) is 46.0 Å². The van der Waals surface area contributed by atoms with Gasteiger partial charge in [0.1, 0.15) is 0 Å². The third kappa shape index (κ3) is 3.37. The summed E-state index contributed by atoms with van der Waals surface area (Å²) in [5.74, 6) is 0. The van der Waals surface area contributed by atoms with E-state index in [-0.39, 0.29) is 0 Å². The molecule has 2 aromatic rings. The van der Waals surface area contributed by atoms with E-state index in [4.69, 9.17) is 0 Å². The molecular formula is C13H15BrN2S. The maximum Gasteiger partial charge on any atom is 0.0361 e. The molecule has 0 fully saturated rings. The van der Waals surface area contributed by atoms with Crippen LogP contribution in [0, 0.1) is 0 Å². The Morgan fingerprint density at radius 2 is 2.18 bits per heavy atom. The highest BCUT2D eigenvalue weighted by molar-refractivity contribution is 9.10. The molecule has 2 heterocycles. The molecule has 0 amide bonds. The summed E-state index contributed by atoms with van der Waals surface area (Å²) in [4.78, 5) is 4.30. The molecule has 17 heavy (non-hydrogen) atoms. The van der Waals surface area contributed by atoms with Gasteiger partial charge >= 0.3 is 0 Å². The number of rotatable bonds is 4. The van der Waals surface area contributed by atoms with Gasteiger partial charge in [-0.1, -0.05) is 13.8 Å². The number of halogens is 1. The highest BCUT2D eigenvalue weighted by atomic mass is 79.9. The second-order valence-corrected chi connectivity index (χ2v) is 5.85. The van der Waals surface area contributed by atoms with Crippen LogP contribution in [0.3, 0.4) is 0 Å². The predicted molar refractivity (Wildman–Crippen MR) is 77.2 cm³/mol. The van der Waals surface area contributed by atoms with Gasteiger partial charge in [0.2, 0.25) is 0 Å². The zero-order valence-electron chi connectivity index (χ0n) is 9.90. The predicted octanol–water partition coefficient (Wildman–Crippen LogP) is 4.07. The van der Waals surface area contributed by atoms with Gasteiger partial charge in [0.15, 0.2) is 0 Å². The molecular weight excluding hydrogens is 296 g/mol. The maximum absolute atomic E-state index is 4.30. The van der Waals surface area contributed by atoms with Crippen LogP contribution in [0.5, 0.6) is 0 Å². The number of hydrogen-bond donors (Lipinski definition) is 1. The fraction of sp³-hybridized carbons (Fsp3) is 0.308. The summed E-state index contributed by atoms with van der Waals surface area (Å²) in [5.41, 5.74) is 3.60. The summed E-state index contributed by atoms with van der Waals surface area (Å²) in [6.45, 7) is 5.15. The molecule has 2 rings (SSSR count). The Balaban J connectivity index is 2.20. The van der Waals surface area contributed by atoms with Crippen LogP contribution in [0.15, 0.2) is 33.7 Å².